The number of rotatable bonds is 6. The van der Waals surface area contributed by atoms with E-state index in [1.165, 1.54) is 11.1 Å². The lowest BCUT2D eigenvalue weighted by molar-refractivity contribution is -0.121. The molecule has 172 valence electrons. The number of carbonyl (C=O) groups excluding carboxylic acids is 1. The first-order valence-electron chi connectivity index (χ1n) is 11.6. The molecule has 0 aromatic heterocycles. The molecule has 1 atom stereocenters. The average Bonchev–Trinajstić information content (AvgIpc) is 2.80. The molecule has 0 saturated carbocycles. The molecule has 0 spiro atoms. The van der Waals surface area contributed by atoms with Crippen LogP contribution in [0, 0.1) is 12.8 Å². The maximum Gasteiger partial charge on any atom is 0.243 e. The molecular weight excluding hydrogens is 422 g/mol. The first-order valence-corrected chi connectivity index (χ1v) is 13.0. The van der Waals surface area contributed by atoms with Crippen molar-refractivity contribution in [3.63, 3.8) is 0 Å². The van der Waals surface area contributed by atoms with Crippen LogP contribution in [0.2, 0.25) is 0 Å². The Labute approximate surface area is 191 Å². The number of amides is 1. The number of carbonyl (C=O) groups is 1. The zero-order valence-electron chi connectivity index (χ0n) is 18.8. The molecule has 2 aliphatic heterocycles. The number of hydrogen-bond acceptors (Lipinski definition) is 4. The largest absolute Gasteiger partial charge is 0.326 e. The van der Waals surface area contributed by atoms with E-state index in [1.54, 1.807) is 28.6 Å². The van der Waals surface area contributed by atoms with Gasteiger partial charge in [0.05, 0.1) is 10.8 Å². The van der Waals surface area contributed by atoms with Crippen molar-refractivity contribution in [1.29, 1.82) is 0 Å². The second-order valence-electron chi connectivity index (χ2n) is 9.04. The summed E-state index contributed by atoms with van der Waals surface area (Å²) in [5.41, 5.74) is 3.17. The first kappa shape index (κ1) is 23.0. The zero-order valence-corrected chi connectivity index (χ0v) is 19.6. The smallest absolute Gasteiger partial charge is 0.243 e. The second-order valence-corrected chi connectivity index (χ2v) is 11.0. The molecule has 0 aliphatic carbocycles. The summed E-state index contributed by atoms with van der Waals surface area (Å²) in [5, 5.41) is 2.99. The molecular formula is C25H33N3O3S. The number of anilines is 1. The van der Waals surface area contributed by atoms with E-state index in [4.69, 9.17) is 0 Å². The van der Waals surface area contributed by atoms with E-state index in [2.05, 4.69) is 41.4 Å². The summed E-state index contributed by atoms with van der Waals surface area (Å²) in [6.07, 6.45) is 4.78. The van der Waals surface area contributed by atoms with Crippen molar-refractivity contribution >= 4 is 21.6 Å². The Balaban J connectivity index is 1.35. The van der Waals surface area contributed by atoms with Gasteiger partial charge in [-0.05, 0) is 69.0 Å². The standard InChI is InChI=1S/C25H33N3O3S/c1-20-7-5-8-21(17-20)18-27-14-6-9-22(19-27)25(29)26-23-10-12-24(13-11-23)32(30,31)28-15-3-2-4-16-28/h5,7-8,10-13,17,22H,2-4,6,9,14-16,18-19H2,1H3,(H,26,29). The van der Waals surface area contributed by atoms with Crippen LogP contribution in [-0.4, -0.2) is 49.7 Å². The van der Waals surface area contributed by atoms with Crippen LogP contribution in [0.1, 0.15) is 43.2 Å². The Morgan fingerprint density at radius 1 is 1.00 bits per heavy atom. The van der Waals surface area contributed by atoms with Gasteiger partial charge in [-0.3, -0.25) is 9.69 Å². The quantitative estimate of drug-likeness (QED) is 0.714. The maximum atomic E-state index is 12.9. The van der Waals surface area contributed by atoms with Gasteiger partial charge < -0.3 is 5.32 Å². The summed E-state index contributed by atoms with van der Waals surface area (Å²) < 4.78 is 27.2. The highest BCUT2D eigenvalue weighted by molar-refractivity contribution is 7.89. The summed E-state index contributed by atoms with van der Waals surface area (Å²) in [6.45, 7) is 5.86. The molecule has 1 unspecified atom stereocenters. The summed E-state index contributed by atoms with van der Waals surface area (Å²) in [6, 6.07) is 15.1. The molecule has 2 aromatic carbocycles. The molecule has 32 heavy (non-hydrogen) atoms. The van der Waals surface area contributed by atoms with Gasteiger partial charge in [-0.2, -0.15) is 4.31 Å². The number of likely N-dealkylation sites (tertiary alicyclic amines) is 1. The Morgan fingerprint density at radius 3 is 2.47 bits per heavy atom. The fourth-order valence-electron chi connectivity index (χ4n) is 4.69. The highest BCUT2D eigenvalue weighted by atomic mass is 32.2. The molecule has 0 bridgehead atoms. The molecule has 2 fully saturated rings. The number of nitrogens with one attached hydrogen (secondary N) is 1. The molecule has 1 amide bonds. The molecule has 7 heteroatoms. The normalized spacial score (nSPS) is 20.7. The summed E-state index contributed by atoms with van der Waals surface area (Å²) in [4.78, 5) is 15.5. The molecule has 2 aromatic rings. The minimum Gasteiger partial charge on any atom is -0.326 e. The first-order chi connectivity index (χ1) is 15.4. The van der Waals surface area contributed by atoms with Crippen molar-refractivity contribution in [2.45, 2.75) is 50.5 Å². The van der Waals surface area contributed by atoms with Crippen molar-refractivity contribution in [2.24, 2.45) is 5.92 Å². The third-order valence-corrected chi connectivity index (χ3v) is 8.35. The van der Waals surface area contributed by atoms with Crippen LogP contribution in [0.4, 0.5) is 5.69 Å². The molecule has 2 aliphatic rings. The van der Waals surface area contributed by atoms with Gasteiger partial charge in [-0.15, -0.1) is 0 Å². The zero-order chi connectivity index (χ0) is 22.6. The fraction of sp³-hybridized carbons (Fsp3) is 0.480. The minimum atomic E-state index is -3.45. The van der Waals surface area contributed by atoms with Crippen LogP contribution in [0.5, 0.6) is 0 Å². The van der Waals surface area contributed by atoms with E-state index in [1.807, 2.05) is 0 Å². The van der Waals surface area contributed by atoms with Gasteiger partial charge in [0.2, 0.25) is 15.9 Å². The predicted octanol–water partition coefficient (Wildman–Crippen LogP) is 4.02. The van der Waals surface area contributed by atoms with Crippen molar-refractivity contribution in [3.05, 3.63) is 59.7 Å². The van der Waals surface area contributed by atoms with Gasteiger partial charge in [0.25, 0.3) is 0 Å². The fourth-order valence-corrected chi connectivity index (χ4v) is 6.21. The van der Waals surface area contributed by atoms with Crippen LogP contribution >= 0.6 is 0 Å². The van der Waals surface area contributed by atoms with Crippen molar-refractivity contribution in [1.82, 2.24) is 9.21 Å². The second kappa shape index (κ2) is 10.1. The lowest BCUT2D eigenvalue weighted by Gasteiger charge is -2.32. The van der Waals surface area contributed by atoms with E-state index >= 15 is 0 Å². The summed E-state index contributed by atoms with van der Waals surface area (Å²) in [5.74, 6) is -0.0594. The minimum absolute atomic E-state index is 0.00517. The average molecular weight is 456 g/mol. The van der Waals surface area contributed by atoms with Gasteiger partial charge in [0.1, 0.15) is 0 Å². The maximum absolute atomic E-state index is 12.9. The highest BCUT2D eigenvalue weighted by Gasteiger charge is 2.27. The Hall–Kier alpha value is -2.22. The van der Waals surface area contributed by atoms with Crippen LogP contribution in [0.25, 0.3) is 0 Å². The third-order valence-electron chi connectivity index (χ3n) is 6.44. The van der Waals surface area contributed by atoms with Gasteiger partial charge >= 0.3 is 0 Å². The van der Waals surface area contributed by atoms with Crippen LogP contribution in [0.15, 0.2) is 53.4 Å². The van der Waals surface area contributed by atoms with Crippen molar-refractivity contribution in [2.75, 3.05) is 31.5 Å². The van der Waals surface area contributed by atoms with Gasteiger partial charge in [0, 0.05) is 31.9 Å². The SMILES string of the molecule is Cc1cccc(CN2CCCC(C(=O)Nc3ccc(S(=O)(=O)N4CCCCC4)cc3)C2)c1. The van der Waals surface area contributed by atoms with Crippen molar-refractivity contribution < 1.29 is 13.2 Å². The highest BCUT2D eigenvalue weighted by Crippen LogP contribution is 2.24. The lowest BCUT2D eigenvalue weighted by Crippen LogP contribution is -2.40. The molecule has 2 saturated heterocycles. The monoisotopic (exact) mass is 455 g/mol. The van der Waals surface area contributed by atoms with E-state index in [0.717, 1.165) is 51.7 Å². The molecule has 1 N–H and O–H groups in total. The predicted molar refractivity (Wildman–Crippen MR) is 127 cm³/mol. The summed E-state index contributed by atoms with van der Waals surface area (Å²) >= 11 is 0. The topological polar surface area (TPSA) is 69.7 Å². The number of sulfonamides is 1. The van der Waals surface area contributed by atoms with E-state index in [0.29, 0.717) is 23.7 Å². The number of piperidine rings is 2. The molecule has 4 rings (SSSR count). The van der Waals surface area contributed by atoms with Crippen LogP contribution < -0.4 is 5.32 Å². The number of nitrogens with zero attached hydrogens (tertiary/aromatic N) is 2. The van der Waals surface area contributed by atoms with Gasteiger partial charge in [0.15, 0.2) is 0 Å². The number of aryl methyl sites for hydroxylation is 1. The van der Waals surface area contributed by atoms with Crippen LogP contribution in [-0.2, 0) is 21.4 Å². The molecule has 2 heterocycles. The third kappa shape index (κ3) is 5.57. The van der Waals surface area contributed by atoms with Crippen molar-refractivity contribution in [3.8, 4) is 0 Å². The van der Waals surface area contributed by atoms with Gasteiger partial charge in [-0.1, -0.05) is 36.2 Å². The molecule has 6 nitrogen and oxygen atoms in total. The Bertz CT molecular complexity index is 1030. The lowest BCUT2D eigenvalue weighted by atomic mass is 9.96. The van der Waals surface area contributed by atoms with Crippen LogP contribution in [0.3, 0.4) is 0 Å². The molecule has 0 radical (unpaired) electrons. The van der Waals surface area contributed by atoms with E-state index in [9.17, 15) is 13.2 Å². The van der Waals surface area contributed by atoms with E-state index in [-0.39, 0.29) is 11.8 Å². The Morgan fingerprint density at radius 2 is 1.75 bits per heavy atom. The van der Waals surface area contributed by atoms with Gasteiger partial charge in [-0.25, -0.2) is 8.42 Å². The van der Waals surface area contributed by atoms with E-state index < -0.39 is 10.0 Å². The Kier molecular flexibility index (Phi) is 7.28. The summed E-state index contributed by atoms with van der Waals surface area (Å²) in [7, 11) is -3.45. The number of hydrogen-bond donors (Lipinski definition) is 1. The number of benzene rings is 2.